The van der Waals surface area contributed by atoms with Crippen molar-refractivity contribution in [1.29, 1.82) is 0 Å². The number of benzene rings is 2. The fraction of sp³-hybridized carbons (Fsp3) is 0.385. The van der Waals surface area contributed by atoms with E-state index in [2.05, 4.69) is 34.3 Å². The average Bonchev–Trinajstić information content (AvgIpc) is 3.07. The Morgan fingerprint density at radius 3 is 2.70 bits per heavy atom. The summed E-state index contributed by atoms with van der Waals surface area (Å²) in [5.41, 5.74) is 6.31. The number of fused-ring (bicyclic) bond motifs is 2. The van der Waals surface area contributed by atoms with Crippen molar-refractivity contribution in [1.82, 2.24) is 19.6 Å². The van der Waals surface area contributed by atoms with Gasteiger partial charge in [0.1, 0.15) is 12.4 Å². The summed E-state index contributed by atoms with van der Waals surface area (Å²) >= 11 is 0. The Hall–Kier alpha value is -3.16. The molecular weight excluding hydrogens is 416 g/mol. The molecular formula is C26H30N4O3. The molecule has 3 aromatic rings. The largest absolute Gasteiger partial charge is 0.491 e. The predicted octanol–water partition coefficient (Wildman–Crippen LogP) is 2.65. The van der Waals surface area contributed by atoms with Crippen molar-refractivity contribution in [3.05, 3.63) is 71.0 Å². The summed E-state index contributed by atoms with van der Waals surface area (Å²) in [7, 11) is 1.91. The van der Waals surface area contributed by atoms with Crippen LogP contribution < -0.4 is 4.74 Å². The summed E-state index contributed by atoms with van der Waals surface area (Å²) in [6.45, 7) is 5.47. The molecule has 1 unspecified atom stereocenters. The van der Waals surface area contributed by atoms with Crippen molar-refractivity contribution < 1.29 is 14.6 Å². The molecule has 2 aromatic carbocycles. The molecule has 1 atom stereocenters. The van der Waals surface area contributed by atoms with Gasteiger partial charge in [0.05, 0.1) is 24.4 Å². The Balaban J connectivity index is 1.26. The molecule has 7 heteroatoms. The van der Waals surface area contributed by atoms with Crippen LogP contribution in [-0.4, -0.2) is 69.5 Å². The molecule has 0 spiro atoms. The number of β-amino-alcohol motifs (C(OH)–C–C–N with tert-alkyl or cyclic N) is 1. The van der Waals surface area contributed by atoms with Gasteiger partial charge in [-0.15, -0.1) is 0 Å². The van der Waals surface area contributed by atoms with Gasteiger partial charge in [-0.2, -0.15) is 5.10 Å². The second-order valence-electron chi connectivity index (χ2n) is 8.99. The van der Waals surface area contributed by atoms with Gasteiger partial charge in [-0.25, -0.2) is 0 Å². The van der Waals surface area contributed by atoms with E-state index < -0.39 is 6.10 Å². The highest BCUT2D eigenvalue weighted by Crippen LogP contribution is 2.31. The van der Waals surface area contributed by atoms with E-state index in [4.69, 9.17) is 4.74 Å². The third kappa shape index (κ3) is 4.38. The van der Waals surface area contributed by atoms with E-state index >= 15 is 0 Å². The molecule has 33 heavy (non-hydrogen) atoms. The molecule has 0 fully saturated rings. The summed E-state index contributed by atoms with van der Waals surface area (Å²) in [6.07, 6.45) is 2.21. The number of rotatable bonds is 5. The average molecular weight is 447 g/mol. The van der Waals surface area contributed by atoms with E-state index in [1.165, 1.54) is 11.1 Å². The van der Waals surface area contributed by atoms with Crippen molar-refractivity contribution >= 4 is 5.91 Å². The van der Waals surface area contributed by atoms with Crippen LogP contribution in [-0.2, 0) is 20.0 Å². The Bertz CT molecular complexity index is 1170. The molecule has 0 aliphatic carbocycles. The van der Waals surface area contributed by atoms with Gasteiger partial charge in [0.2, 0.25) is 0 Å². The summed E-state index contributed by atoms with van der Waals surface area (Å²) in [6, 6.07) is 14.2. The number of carbonyl (C=O) groups is 1. The lowest BCUT2D eigenvalue weighted by Crippen LogP contribution is -2.44. The number of amides is 1. The fourth-order valence-electron chi connectivity index (χ4n) is 4.80. The minimum absolute atomic E-state index is 0.0972. The highest BCUT2D eigenvalue weighted by Gasteiger charge is 2.27. The molecule has 7 nitrogen and oxygen atoms in total. The first kappa shape index (κ1) is 21.7. The number of hydrogen-bond acceptors (Lipinski definition) is 5. The minimum atomic E-state index is -0.613. The Morgan fingerprint density at radius 1 is 1.09 bits per heavy atom. The van der Waals surface area contributed by atoms with Gasteiger partial charge in [-0.05, 0) is 42.2 Å². The molecule has 1 N–H and O–H groups in total. The Kier molecular flexibility index (Phi) is 5.91. The lowest BCUT2D eigenvalue weighted by atomic mass is 10.00. The van der Waals surface area contributed by atoms with Crippen molar-refractivity contribution in [3.63, 3.8) is 0 Å². The van der Waals surface area contributed by atoms with Gasteiger partial charge in [-0.3, -0.25) is 14.4 Å². The van der Waals surface area contributed by atoms with E-state index in [1.54, 1.807) is 4.90 Å². The fourth-order valence-corrected chi connectivity index (χ4v) is 4.80. The maximum absolute atomic E-state index is 13.3. The molecule has 2 aliphatic heterocycles. The summed E-state index contributed by atoms with van der Waals surface area (Å²) < 4.78 is 7.78. The van der Waals surface area contributed by atoms with E-state index in [0.717, 1.165) is 36.3 Å². The number of aromatic nitrogens is 2. The van der Waals surface area contributed by atoms with Crippen LogP contribution in [0.3, 0.4) is 0 Å². The van der Waals surface area contributed by atoms with Crippen molar-refractivity contribution in [2.24, 2.45) is 7.05 Å². The zero-order chi connectivity index (χ0) is 22.9. The summed E-state index contributed by atoms with van der Waals surface area (Å²) in [4.78, 5) is 17.2. The van der Waals surface area contributed by atoms with Crippen LogP contribution in [0, 0.1) is 6.92 Å². The molecule has 5 rings (SSSR count). The van der Waals surface area contributed by atoms with Crippen molar-refractivity contribution in [3.8, 4) is 16.9 Å². The molecule has 0 saturated heterocycles. The molecule has 0 radical (unpaired) electrons. The first-order chi connectivity index (χ1) is 16.0. The smallest absolute Gasteiger partial charge is 0.257 e. The zero-order valence-corrected chi connectivity index (χ0v) is 19.2. The molecule has 0 saturated carbocycles. The molecule has 2 aliphatic rings. The van der Waals surface area contributed by atoms with E-state index in [1.807, 2.05) is 43.0 Å². The van der Waals surface area contributed by atoms with E-state index in [-0.39, 0.29) is 5.91 Å². The van der Waals surface area contributed by atoms with Gasteiger partial charge >= 0.3 is 0 Å². The maximum Gasteiger partial charge on any atom is 0.257 e. The van der Waals surface area contributed by atoms with Gasteiger partial charge in [0.25, 0.3) is 5.91 Å². The van der Waals surface area contributed by atoms with Gasteiger partial charge in [0, 0.05) is 44.5 Å². The number of aliphatic hydroxyl groups excluding tert-OH is 1. The number of aliphatic hydroxyl groups is 1. The van der Waals surface area contributed by atoms with E-state index in [0.29, 0.717) is 37.6 Å². The number of carbonyl (C=O) groups excluding carboxylic acids is 1. The Morgan fingerprint density at radius 2 is 1.91 bits per heavy atom. The van der Waals surface area contributed by atoms with Crippen LogP contribution in [0.2, 0.25) is 0 Å². The van der Waals surface area contributed by atoms with Crippen LogP contribution in [0.5, 0.6) is 5.75 Å². The number of hydrogen-bond donors (Lipinski definition) is 1. The monoisotopic (exact) mass is 446 g/mol. The number of ether oxygens (including phenoxy) is 1. The molecule has 1 aromatic heterocycles. The second kappa shape index (κ2) is 9.00. The topological polar surface area (TPSA) is 70.8 Å². The van der Waals surface area contributed by atoms with Crippen LogP contribution in [0.25, 0.3) is 11.1 Å². The Labute approximate surface area is 194 Å². The van der Waals surface area contributed by atoms with Gasteiger partial charge in [0.15, 0.2) is 0 Å². The number of aryl methyl sites for hydroxylation is 1. The molecule has 172 valence electrons. The molecule has 3 heterocycles. The molecule has 0 bridgehead atoms. The quantitative estimate of drug-likeness (QED) is 0.653. The van der Waals surface area contributed by atoms with Gasteiger partial charge < -0.3 is 14.7 Å². The summed E-state index contributed by atoms with van der Waals surface area (Å²) in [5, 5.41) is 15.1. The SMILES string of the molecule is Cc1c(-c2ccc3c(c2)OCCN(CC(O)CN2CCc4ccccc4C2)C3=O)cnn1C. The van der Waals surface area contributed by atoms with Crippen LogP contribution in [0.15, 0.2) is 48.7 Å². The van der Waals surface area contributed by atoms with E-state index in [9.17, 15) is 9.90 Å². The number of nitrogens with zero attached hydrogens (tertiary/aromatic N) is 4. The van der Waals surface area contributed by atoms with Crippen molar-refractivity contribution in [2.75, 3.05) is 32.8 Å². The van der Waals surface area contributed by atoms with Gasteiger partial charge in [-0.1, -0.05) is 30.3 Å². The highest BCUT2D eigenvalue weighted by atomic mass is 16.5. The summed E-state index contributed by atoms with van der Waals surface area (Å²) in [5.74, 6) is 0.491. The normalized spacial score (nSPS) is 17.2. The van der Waals surface area contributed by atoms with Crippen LogP contribution in [0.4, 0.5) is 0 Å². The third-order valence-corrected chi connectivity index (χ3v) is 6.77. The molecule has 1 amide bonds. The van der Waals surface area contributed by atoms with Crippen LogP contribution in [0.1, 0.15) is 27.2 Å². The lowest BCUT2D eigenvalue weighted by Gasteiger charge is -2.32. The lowest BCUT2D eigenvalue weighted by molar-refractivity contribution is 0.0501. The zero-order valence-electron chi connectivity index (χ0n) is 19.2. The maximum atomic E-state index is 13.3. The first-order valence-electron chi connectivity index (χ1n) is 11.5. The standard InChI is InChI=1S/C26H30N4O3/c1-18-24(14-27-28(18)2)20-7-8-23-25(13-20)33-12-11-30(26(23)32)17-22(31)16-29-10-9-19-5-3-4-6-21(19)15-29/h3-8,13-14,22,31H,9-12,15-17H2,1-2H3. The third-order valence-electron chi connectivity index (χ3n) is 6.77. The van der Waals surface area contributed by atoms with Crippen molar-refractivity contribution in [2.45, 2.75) is 26.0 Å². The van der Waals surface area contributed by atoms with Crippen LogP contribution >= 0.6 is 0 Å². The first-order valence-corrected chi connectivity index (χ1v) is 11.5. The second-order valence-corrected chi connectivity index (χ2v) is 8.99. The predicted molar refractivity (Wildman–Crippen MR) is 126 cm³/mol. The highest BCUT2D eigenvalue weighted by molar-refractivity contribution is 5.98. The minimum Gasteiger partial charge on any atom is -0.491 e.